The van der Waals surface area contributed by atoms with Gasteiger partial charge >= 0.3 is 0 Å². The molecule has 0 radical (unpaired) electrons. The van der Waals surface area contributed by atoms with Gasteiger partial charge in [0.25, 0.3) is 5.91 Å². The summed E-state index contributed by atoms with van der Waals surface area (Å²) < 4.78 is 13.5. The van der Waals surface area contributed by atoms with Crippen LogP contribution in [0.1, 0.15) is 15.9 Å². The number of nitrogens with two attached hydrogens (primary N) is 1. The van der Waals surface area contributed by atoms with Crippen LogP contribution in [0.2, 0.25) is 0 Å². The van der Waals surface area contributed by atoms with E-state index in [2.05, 4.69) is 5.16 Å². The van der Waals surface area contributed by atoms with E-state index in [9.17, 15) is 9.18 Å². The van der Waals surface area contributed by atoms with Gasteiger partial charge in [0.2, 0.25) is 0 Å². The van der Waals surface area contributed by atoms with Crippen molar-refractivity contribution in [2.75, 3.05) is 13.6 Å². The molecule has 6 heteroatoms. The summed E-state index contributed by atoms with van der Waals surface area (Å²) in [5.41, 5.74) is 5.96. The fourth-order valence-corrected chi connectivity index (χ4v) is 1.35. The SMILES string of the molecule is Cc1ccc(C(=O)N(C)CC(N)=NO)c(F)c1. The Hall–Kier alpha value is -2.11. The molecule has 5 nitrogen and oxygen atoms in total. The molecule has 0 aliphatic heterocycles. The Bertz CT molecular complexity index is 460. The van der Waals surface area contributed by atoms with Crippen LogP contribution in [0.15, 0.2) is 23.4 Å². The van der Waals surface area contributed by atoms with Crippen molar-refractivity contribution in [2.45, 2.75) is 6.92 Å². The van der Waals surface area contributed by atoms with Gasteiger partial charge in [-0.2, -0.15) is 0 Å². The van der Waals surface area contributed by atoms with Crippen molar-refractivity contribution in [2.24, 2.45) is 10.9 Å². The van der Waals surface area contributed by atoms with E-state index >= 15 is 0 Å². The molecule has 0 spiro atoms. The first kappa shape index (κ1) is 13.0. The highest BCUT2D eigenvalue weighted by Gasteiger charge is 2.16. The monoisotopic (exact) mass is 239 g/mol. The molecular weight excluding hydrogens is 225 g/mol. The van der Waals surface area contributed by atoms with E-state index in [1.807, 2.05) is 0 Å². The van der Waals surface area contributed by atoms with Crippen LogP contribution in [0.3, 0.4) is 0 Å². The van der Waals surface area contributed by atoms with Gasteiger partial charge in [0.15, 0.2) is 5.84 Å². The highest BCUT2D eigenvalue weighted by atomic mass is 19.1. The van der Waals surface area contributed by atoms with Gasteiger partial charge in [-0.05, 0) is 24.6 Å². The Morgan fingerprint density at radius 2 is 2.24 bits per heavy atom. The third kappa shape index (κ3) is 3.17. The average Bonchev–Trinajstić information content (AvgIpc) is 2.28. The molecule has 0 saturated heterocycles. The number of amidine groups is 1. The zero-order valence-corrected chi connectivity index (χ0v) is 9.64. The van der Waals surface area contributed by atoms with E-state index < -0.39 is 11.7 Å². The van der Waals surface area contributed by atoms with Crippen molar-refractivity contribution in [1.82, 2.24) is 4.90 Å². The molecule has 1 aromatic rings. The highest BCUT2D eigenvalue weighted by molar-refractivity contribution is 5.97. The first-order valence-electron chi connectivity index (χ1n) is 4.93. The minimum atomic E-state index is -0.582. The van der Waals surface area contributed by atoms with Crippen LogP contribution in [0, 0.1) is 12.7 Å². The molecule has 0 aliphatic rings. The van der Waals surface area contributed by atoms with Crippen molar-refractivity contribution in [3.8, 4) is 0 Å². The Balaban J connectivity index is 2.89. The van der Waals surface area contributed by atoms with Crippen LogP contribution in [-0.2, 0) is 0 Å². The van der Waals surface area contributed by atoms with Gasteiger partial charge in [0, 0.05) is 7.05 Å². The van der Waals surface area contributed by atoms with Crippen LogP contribution in [0.5, 0.6) is 0 Å². The van der Waals surface area contributed by atoms with E-state index in [1.54, 1.807) is 13.0 Å². The second-order valence-corrected chi connectivity index (χ2v) is 3.74. The molecule has 0 atom stereocenters. The van der Waals surface area contributed by atoms with Gasteiger partial charge in [0.05, 0.1) is 12.1 Å². The summed E-state index contributed by atoms with van der Waals surface area (Å²) in [4.78, 5) is 13.0. The summed E-state index contributed by atoms with van der Waals surface area (Å²) in [7, 11) is 1.44. The molecule has 0 unspecified atom stereocenters. The van der Waals surface area contributed by atoms with Crippen molar-refractivity contribution >= 4 is 11.7 Å². The number of carbonyl (C=O) groups is 1. The first-order valence-corrected chi connectivity index (χ1v) is 4.93. The van der Waals surface area contributed by atoms with Gasteiger partial charge in [-0.15, -0.1) is 0 Å². The van der Waals surface area contributed by atoms with Gasteiger partial charge in [0.1, 0.15) is 5.82 Å². The molecule has 1 rings (SSSR count). The van der Waals surface area contributed by atoms with Crippen LogP contribution >= 0.6 is 0 Å². The van der Waals surface area contributed by atoms with E-state index in [4.69, 9.17) is 10.9 Å². The molecule has 3 N–H and O–H groups in total. The standard InChI is InChI=1S/C11H14FN3O2/c1-7-3-4-8(9(12)5-7)11(16)15(2)6-10(13)14-17/h3-5,17H,6H2,1-2H3,(H2,13,14). The van der Waals surface area contributed by atoms with Crippen molar-refractivity contribution in [3.63, 3.8) is 0 Å². The summed E-state index contributed by atoms with van der Waals surface area (Å²) in [5.74, 6) is -1.22. The van der Waals surface area contributed by atoms with Crippen LogP contribution < -0.4 is 5.73 Å². The largest absolute Gasteiger partial charge is 0.409 e. The quantitative estimate of drug-likeness (QED) is 0.357. The summed E-state index contributed by atoms with van der Waals surface area (Å²) in [6.07, 6.45) is 0. The lowest BCUT2D eigenvalue weighted by Gasteiger charge is -2.16. The lowest BCUT2D eigenvalue weighted by molar-refractivity contribution is 0.0809. The summed E-state index contributed by atoms with van der Waals surface area (Å²) in [6.45, 7) is 1.67. The molecule has 0 saturated carbocycles. The normalized spacial score (nSPS) is 11.4. The third-order valence-electron chi connectivity index (χ3n) is 2.23. The fourth-order valence-electron chi connectivity index (χ4n) is 1.35. The molecule has 0 aliphatic carbocycles. The van der Waals surface area contributed by atoms with Gasteiger partial charge in [-0.25, -0.2) is 4.39 Å². The number of benzene rings is 1. The number of oxime groups is 1. The molecule has 0 fully saturated rings. The zero-order chi connectivity index (χ0) is 13.0. The van der Waals surface area contributed by atoms with Gasteiger partial charge in [-0.1, -0.05) is 11.2 Å². The predicted molar refractivity (Wildman–Crippen MR) is 61.5 cm³/mol. The highest BCUT2D eigenvalue weighted by Crippen LogP contribution is 2.11. The van der Waals surface area contributed by atoms with Crippen molar-refractivity contribution < 1.29 is 14.4 Å². The number of hydrogen-bond donors (Lipinski definition) is 2. The number of rotatable bonds is 3. The Morgan fingerprint density at radius 3 is 2.76 bits per heavy atom. The molecule has 0 aromatic heterocycles. The van der Waals surface area contributed by atoms with Crippen LogP contribution in [0.25, 0.3) is 0 Å². The maximum Gasteiger partial charge on any atom is 0.256 e. The number of nitrogens with zero attached hydrogens (tertiary/aromatic N) is 2. The average molecular weight is 239 g/mol. The second kappa shape index (κ2) is 5.29. The topological polar surface area (TPSA) is 78.9 Å². The molecule has 92 valence electrons. The van der Waals surface area contributed by atoms with E-state index in [1.165, 1.54) is 24.1 Å². The zero-order valence-electron chi connectivity index (χ0n) is 9.64. The maximum atomic E-state index is 13.5. The number of hydrogen-bond acceptors (Lipinski definition) is 3. The maximum absolute atomic E-state index is 13.5. The number of likely N-dealkylation sites (N-methyl/N-ethyl adjacent to an activating group) is 1. The fraction of sp³-hybridized carbons (Fsp3) is 0.273. The second-order valence-electron chi connectivity index (χ2n) is 3.74. The number of carbonyl (C=O) groups excluding carboxylic acids is 1. The minimum absolute atomic E-state index is 0.0381. The molecule has 0 heterocycles. The van der Waals surface area contributed by atoms with Crippen LogP contribution in [0.4, 0.5) is 4.39 Å². The lowest BCUT2D eigenvalue weighted by atomic mass is 10.1. The lowest BCUT2D eigenvalue weighted by Crippen LogP contribution is -2.35. The molecule has 1 amide bonds. The van der Waals surface area contributed by atoms with Gasteiger partial charge < -0.3 is 15.8 Å². The minimum Gasteiger partial charge on any atom is -0.409 e. The summed E-state index contributed by atoms with van der Waals surface area (Å²) in [5, 5.41) is 11.1. The Kier molecular flexibility index (Phi) is 4.03. The van der Waals surface area contributed by atoms with Crippen molar-refractivity contribution in [3.05, 3.63) is 35.1 Å². The number of amides is 1. The number of aryl methyl sites for hydroxylation is 1. The smallest absolute Gasteiger partial charge is 0.256 e. The molecule has 1 aromatic carbocycles. The summed E-state index contributed by atoms with van der Waals surface area (Å²) >= 11 is 0. The summed E-state index contributed by atoms with van der Waals surface area (Å²) in [6, 6.07) is 4.34. The Morgan fingerprint density at radius 1 is 1.59 bits per heavy atom. The first-order chi connectivity index (χ1) is 7.95. The van der Waals surface area contributed by atoms with Crippen LogP contribution in [-0.4, -0.2) is 35.4 Å². The van der Waals surface area contributed by atoms with Crippen molar-refractivity contribution in [1.29, 1.82) is 0 Å². The predicted octanol–water partition coefficient (Wildman–Crippen LogP) is 0.953. The van der Waals surface area contributed by atoms with E-state index in [0.29, 0.717) is 0 Å². The number of halogens is 1. The van der Waals surface area contributed by atoms with Gasteiger partial charge in [-0.3, -0.25) is 4.79 Å². The molecule has 0 bridgehead atoms. The molecular formula is C11H14FN3O2. The Labute approximate surface area is 98.3 Å². The van der Waals surface area contributed by atoms with E-state index in [-0.39, 0.29) is 17.9 Å². The molecule has 17 heavy (non-hydrogen) atoms. The third-order valence-corrected chi connectivity index (χ3v) is 2.23. The van der Waals surface area contributed by atoms with E-state index in [0.717, 1.165) is 5.56 Å².